The predicted octanol–water partition coefficient (Wildman–Crippen LogP) is 2.28. The lowest BCUT2D eigenvalue weighted by molar-refractivity contribution is 0.0727. The monoisotopic (exact) mass is 239 g/mol. The molecule has 0 N–H and O–H groups in total. The summed E-state index contributed by atoms with van der Waals surface area (Å²) in [4.78, 5) is 18.3. The lowest BCUT2D eigenvalue weighted by Gasteiger charge is -2.28. The van der Waals surface area contributed by atoms with Crippen LogP contribution in [0.1, 0.15) is 22.9 Å². The third-order valence-corrected chi connectivity index (χ3v) is 3.21. The van der Waals surface area contributed by atoms with E-state index in [1.807, 2.05) is 17.0 Å². The number of hydrogen-bond donors (Lipinski definition) is 0. The van der Waals surface area contributed by atoms with Gasteiger partial charge < -0.3 is 4.90 Å². The quantitative estimate of drug-likeness (QED) is 0.805. The molecule has 0 bridgehead atoms. The molecule has 1 aliphatic rings. The van der Waals surface area contributed by atoms with Gasteiger partial charge in [-0.15, -0.1) is 0 Å². The molecule has 0 radical (unpaired) electrons. The maximum atomic E-state index is 12.4. The van der Waals surface area contributed by atoms with Crippen molar-refractivity contribution < 1.29 is 6.17 Å². The Morgan fingerprint density at radius 1 is 1.33 bits per heavy atom. The molecule has 3 heteroatoms. The first-order chi connectivity index (χ1) is 9.24. The number of fused-ring (bicyclic) bond motifs is 1. The lowest BCUT2D eigenvalue weighted by atomic mass is 9.99. The van der Waals surface area contributed by atoms with Crippen molar-refractivity contribution in [3.63, 3.8) is 0 Å². The summed E-state index contributed by atoms with van der Waals surface area (Å²) in [5, 5.41) is 0. The van der Waals surface area contributed by atoms with Crippen LogP contribution in [0.2, 0.25) is 0 Å². The van der Waals surface area contributed by atoms with Crippen LogP contribution in [0.4, 0.5) is 0 Å². The number of benzene rings is 1. The fourth-order valence-corrected chi connectivity index (χ4v) is 2.27. The predicted molar refractivity (Wildman–Crippen MR) is 69.1 cm³/mol. The van der Waals surface area contributed by atoms with E-state index < -0.39 is 0 Å². The Morgan fingerprint density at radius 2 is 2.28 bits per heavy atom. The Kier molecular flexibility index (Phi) is 2.52. The highest BCUT2D eigenvalue weighted by Gasteiger charge is 2.23. The average Bonchev–Trinajstić information content (AvgIpc) is 2.43. The Labute approximate surface area is 107 Å². The highest BCUT2D eigenvalue weighted by atomic mass is 16.2. The zero-order valence-corrected chi connectivity index (χ0v) is 9.97. The summed E-state index contributed by atoms with van der Waals surface area (Å²) in [6.07, 6.45) is 4.33. The minimum Gasteiger partial charge on any atom is -0.334 e. The van der Waals surface area contributed by atoms with Crippen LogP contribution in [0.25, 0.3) is 0 Å². The molecule has 90 valence electrons. The second-order valence-corrected chi connectivity index (χ2v) is 4.42. The van der Waals surface area contributed by atoms with Crippen molar-refractivity contribution in [1.82, 2.24) is 9.88 Å². The molecule has 0 fully saturated rings. The van der Waals surface area contributed by atoms with Crippen molar-refractivity contribution in [3.8, 4) is 0 Å². The second-order valence-electron chi connectivity index (χ2n) is 4.42. The highest BCUT2D eigenvalue weighted by Crippen LogP contribution is 2.19. The van der Waals surface area contributed by atoms with Crippen LogP contribution in [-0.2, 0) is 13.0 Å². The summed E-state index contributed by atoms with van der Waals surface area (Å²) in [7, 11) is 0. The maximum Gasteiger partial charge on any atom is 0.254 e. The summed E-state index contributed by atoms with van der Waals surface area (Å²) < 4.78 is 7.60. The minimum atomic E-state index is 0.0464. The molecule has 1 amide bonds. The van der Waals surface area contributed by atoms with Crippen LogP contribution in [0, 0.1) is 0 Å². The molecule has 0 aliphatic carbocycles. The molecule has 2 aromatic rings. The minimum absolute atomic E-state index is 0.0464. The smallest absolute Gasteiger partial charge is 0.254 e. The van der Waals surface area contributed by atoms with Gasteiger partial charge in [0.25, 0.3) is 5.91 Å². The largest absolute Gasteiger partial charge is 0.334 e. The first kappa shape index (κ1) is 9.83. The van der Waals surface area contributed by atoms with E-state index in [1.165, 1.54) is 0 Å². The molecule has 3 rings (SSSR count). The van der Waals surface area contributed by atoms with Gasteiger partial charge in [-0.2, -0.15) is 0 Å². The van der Waals surface area contributed by atoms with E-state index in [2.05, 4.69) is 4.98 Å². The van der Waals surface area contributed by atoms with Crippen LogP contribution in [0.3, 0.4) is 0 Å². The Balaban J connectivity index is 1.84. The molecular formula is C15H14N2O. The van der Waals surface area contributed by atoms with Crippen molar-refractivity contribution >= 4 is 5.91 Å². The normalized spacial score (nSPS) is 15.2. The van der Waals surface area contributed by atoms with E-state index in [-0.39, 0.29) is 5.91 Å². The van der Waals surface area contributed by atoms with Gasteiger partial charge in [-0.3, -0.25) is 9.78 Å². The van der Waals surface area contributed by atoms with E-state index in [0.717, 1.165) is 23.1 Å². The van der Waals surface area contributed by atoms with Gasteiger partial charge in [0.15, 0.2) is 0 Å². The fraction of sp³-hybridized carbons (Fsp3) is 0.200. The first-order valence-electron chi connectivity index (χ1n) is 6.52. The van der Waals surface area contributed by atoms with Gasteiger partial charge in [-0.25, -0.2) is 0 Å². The van der Waals surface area contributed by atoms with E-state index in [1.54, 1.807) is 30.6 Å². The SMILES string of the molecule is [2H]c1ccc2c(c1)CCN(Cc1cccnc1)C2=O. The zero-order valence-electron chi connectivity index (χ0n) is 11.0. The molecule has 0 spiro atoms. The van der Waals surface area contributed by atoms with Gasteiger partial charge in [0, 0.05) is 31.0 Å². The van der Waals surface area contributed by atoms with Crippen LogP contribution in [-0.4, -0.2) is 22.3 Å². The third-order valence-electron chi connectivity index (χ3n) is 3.21. The zero-order chi connectivity index (χ0) is 13.2. The van der Waals surface area contributed by atoms with Crippen molar-refractivity contribution in [2.24, 2.45) is 0 Å². The van der Waals surface area contributed by atoms with Crippen molar-refractivity contribution in [3.05, 3.63) is 65.5 Å². The number of nitrogens with zero attached hydrogens (tertiary/aromatic N) is 2. The van der Waals surface area contributed by atoms with Crippen LogP contribution < -0.4 is 0 Å². The number of hydrogen-bond acceptors (Lipinski definition) is 2. The number of amides is 1. The number of rotatable bonds is 2. The molecule has 0 saturated carbocycles. The molecule has 0 unspecified atom stereocenters. The summed E-state index contributed by atoms with van der Waals surface area (Å²) in [6.45, 7) is 1.29. The standard InChI is InChI=1S/C15H14N2O/c18-15-14-6-2-1-5-13(14)7-9-17(15)11-12-4-3-8-16-10-12/h1-6,8,10H,7,9,11H2/i1D. The molecule has 1 aromatic heterocycles. The van der Waals surface area contributed by atoms with Gasteiger partial charge in [0.05, 0.1) is 1.37 Å². The molecule has 18 heavy (non-hydrogen) atoms. The van der Waals surface area contributed by atoms with Gasteiger partial charge in [0.2, 0.25) is 0 Å². The Hall–Kier alpha value is -2.16. The Morgan fingerprint density at radius 3 is 3.11 bits per heavy atom. The van der Waals surface area contributed by atoms with Crippen molar-refractivity contribution in [2.75, 3.05) is 6.54 Å². The van der Waals surface area contributed by atoms with Crippen LogP contribution in [0.15, 0.2) is 48.8 Å². The molecule has 1 aromatic carbocycles. The number of carbonyl (C=O) groups is 1. The van der Waals surface area contributed by atoms with Gasteiger partial charge in [0.1, 0.15) is 0 Å². The van der Waals surface area contributed by atoms with Gasteiger partial charge in [-0.05, 0) is 29.7 Å². The number of pyridine rings is 1. The fourth-order valence-electron chi connectivity index (χ4n) is 2.27. The van der Waals surface area contributed by atoms with Crippen LogP contribution >= 0.6 is 0 Å². The topological polar surface area (TPSA) is 33.2 Å². The average molecular weight is 239 g/mol. The van der Waals surface area contributed by atoms with Gasteiger partial charge in [-0.1, -0.05) is 24.2 Å². The summed E-state index contributed by atoms with van der Waals surface area (Å²) in [5.74, 6) is 0.0464. The molecule has 0 saturated heterocycles. The maximum absolute atomic E-state index is 12.4. The van der Waals surface area contributed by atoms with E-state index in [4.69, 9.17) is 1.37 Å². The lowest BCUT2D eigenvalue weighted by Crippen LogP contribution is -2.36. The van der Waals surface area contributed by atoms with E-state index in [9.17, 15) is 4.79 Å². The summed E-state index contributed by atoms with van der Waals surface area (Å²) >= 11 is 0. The van der Waals surface area contributed by atoms with Gasteiger partial charge >= 0.3 is 0 Å². The number of aromatic nitrogens is 1. The Bertz CT molecular complexity index is 613. The summed E-state index contributed by atoms with van der Waals surface area (Å²) in [5.41, 5.74) is 2.75. The van der Waals surface area contributed by atoms with E-state index in [0.29, 0.717) is 19.1 Å². The third kappa shape index (κ3) is 1.99. The molecule has 3 nitrogen and oxygen atoms in total. The van der Waals surface area contributed by atoms with Crippen LogP contribution in [0.5, 0.6) is 0 Å². The molecule has 1 aliphatic heterocycles. The molecule has 2 heterocycles. The van der Waals surface area contributed by atoms with Crippen molar-refractivity contribution in [1.29, 1.82) is 0 Å². The summed E-state index contributed by atoms with van der Waals surface area (Å²) in [6, 6.07) is 9.54. The molecular weight excluding hydrogens is 224 g/mol. The second kappa shape index (κ2) is 4.61. The number of carbonyl (C=O) groups excluding carboxylic acids is 1. The van der Waals surface area contributed by atoms with Crippen molar-refractivity contribution in [2.45, 2.75) is 13.0 Å². The highest BCUT2D eigenvalue weighted by molar-refractivity contribution is 5.96. The first-order valence-corrected chi connectivity index (χ1v) is 6.02. The molecule has 0 atom stereocenters. The van der Waals surface area contributed by atoms with E-state index >= 15 is 0 Å².